The Balaban J connectivity index is 1.74. The van der Waals surface area contributed by atoms with E-state index < -0.39 is 0 Å². The molecule has 1 saturated heterocycles. The minimum Gasteiger partial charge on any atom is -0.375 e. The molecular weight excluding hydrogens is 202 g/mol. The van der Waals surface area contributed by atoms with Crippen LogP contribution >= 0.6 is 0 Å². The van der Waals surface area contributed by atoms with Gasteiger partial charge in [-0.3, -0.25) is 9.69 Å². The van der Waals surface area contributed by atoms with Gasteiger partial charge < -0.3 is 4.74 Å². The first-order valence-corrected chi connectivity index (χ1v) is 6.76. The number of hydrogen-bond acceptors (Lipinski definition) is 3. The summed E-state index contributed by atoms with van der Waals surface area (Å²) in [6.45, 7) is 1.79. The van der Waals surface area contributed by atoms with E-state index in [2.05, 4.69) is 4.90 Å². The molecule has 3 fully saturated rings. The van der Waals surface area contributed by atoms with Crippen LogP contribution in [-0.4, -0.2) is 42.0 Å². The molecule has 0 spiro atoms. The average Bonchev–Trinajstić information content (AvgIpc) is 2.75. The molecule has 3 aliphatic rings. The van der Waals surface area contributed by atoms with E-state index in [0.29, 0.717) is 17.9 Å². The molecule has 0 amide bonds. The lowest BCUT2D eigenvalue weighted by Gasteiger charge is -2.46. The SMILES string of the molecule is O=C1CCCC1N1CCOC2CCCCC21. The summed E-state index contributed by atoms with van der Waals surface area (Å²) in [5.41, 5.74) is 0. The van der Waals surface area contributed by atoms with E-state index in [9.17, 15) is 4.79 Å². The molecule has 0 N–H and O–H groups in total. The Labute approximate surface area is 97.1 Å². The van der Waals surface area contributed by atoms with Crippen LogP contribution in [0.15, 0.2) is 0 Å². The molecule has 3 rings (SSSR count). The zero-order valence-electron chi connectivity index (χ0n) is 9.86. The minimum absolute atomic E-state index is 0.231. The maximum absolute atomic E-state index is 11.9. The van der Waals surface area contributed by atoms with Crippen molar-refractivity contribution in [1.82, 2.24) is 4.90 Å². The highest BCUT2D eigenvalue weighted by molar-refractivity contribution is 5.85. The Morgan fingerprint density at radius 2 is 2.00 bits per heavy atom. The molecule has 90 valence electrons. The summed E-state index contributed by atoms with van der Waals surface area (Å²) in [7, 11) is 0. The largest absolute Gasteiger partial charge is 0.375 e. The first-order valence-electron chi connectivity index (χ1n) is 6.76. The first kappa shape index (κ1) is 10.7. The molecule has 2 saturated carbocycles. The van der Waals surface area contributed by atoms with Crippen LogP contribution in [0.3, 0.4) is 0 Å². The summed E-state index contributed by atoms with van der Waals surface area (Å²) in [5.74, 6) is 0.478. The molecule has 16 heavy (non-hydrogen) atoms. The number of ether oxygens (including phenoxy) is 1. The number of Topliss-reactive ketones (excluding diaryl/α,β-unsaturated/α-hetero) is 1. The van der Waals surface area contributed by atoms with Crippen LogP contribution in [0.4, 0.5) is 0 Å². The van der Waals surface area contributed by atoms with Crippen molar-refractivity contribution in [3.63, 3.8) is 0 Å². The third kappa shape index (κ3) is 1.80. The van der Waals surface area contributed by atoms with Crippen molar-refractivity contribution in [2.45, 2.75) is 63.1 Å². The molecule has 0 aromatic carbocycles. The Hall–Kier alpha value is -0.410. The van der Waals surface area contributed by atoms with Crippen LogP contribution in [0.1, 0.15) is 44.9 Å². The van der Waals surface area contributed by atoms with E-state index in [1.54, 1.807) is 0 Å². The zero-order chi connectivity index (χ0) is 11.0. The molecule has 0 aromatic heterocycles. The molecule has 2 aliphatic carbocycles. The van der Waals surface area contributed by atoms with Crippen molar-refractivity contribution in [2.75, 3.05) is 13.2 Å². The second-order valence-electron chi connectivity index (χ2n) is 5.37. The summed E-state index contributed by atoms with van der Waals surface area (Å²) in [6.07, 6.45) is 8.43. The van der Waals surface area contributed by atoms with Crippen molar-refractivity contribution in [2.24, 2.45) is 0 Å². The van der Waals surface area contributed by atoms with E-state index in [4.69, 9.17) is 4.74 Å². The summed E-state index contributed by atoms with van der Waals surface area (Å²) in [4.78, 5) is 14.3. The maximum Gasteiger partial charge on any atom is 0.149 e. The highest BCUT2D eigenvalue weighted by atomic mass is 16.5. The number of rotatable bonds is 1. The molecule has 0 radical (unpaired) electrons. The predicted octanol–water partition coefficient (Wildman–Crippen LogP) is 1.75. The fraction of sp³-hybridized carbons (Fsp3) is 0.923. The van der Waals surface area contributed by atoms with Crippen molar-refractivity contribution in [1.29, 1.82) is 0 Å². The fourth-order valence-electron chi connectivity index (χ4n) is 3.66. The summed E-state index contributed by atoms with van der Waals surface area (Å²) >= 11 is 0. The smallest absolute Gasteiger partial charge is 0.149 e. The standard InChI is InChI=1S/C13H21NO2/c15-12-6-3-5-10(12)14-8-9-16-13-7-2-1-4-11(13)14/h10-11,13H,1-9H2. The van der Waals surface area contributed by atoms with Crippen molar-refractivity contribution < 1.29 is 9.53 Å². The molecule has 0 bridgehead atoms. The topological polar surface area (TPSA) is 29.5 Å². The molecule has 3 nitrogen and oxygen atoms in total. The quantitative estimate of drug-likeness (QED) is 0.678. The molecular formula is C13H21NO2. The van der Waals surface area contributed by atoms with Gasteiger partial charge >= 0.3 is 0 Å². The van der Waals surface area contributed by atoms with E-state index >= 15 is 0 Å². The van der Waals surface area contributed by atoms with Crippen molar-refractivity contribution in [3.05, 3.63) is 0 Å². The lowest BCUT2D eigenvalue weighted by Crippen LogP contribution is -2.57. The molecule has 1 aliphatic heterocycles. The number of hydrogen-bond donors (Lipinski definition) is 0. The van der Waals surface area contributed by atoms with Crippen LogP contribution in [0.2, 0.25) is 0 Å². The van der Waals surface area contributed by atoms with Crippen LogP contribution < -0.4 is 0 Å². The van der Waals surface area contributed by atoms with Gasteiger partial charge in [0.2, 0.25) is 0 Å². The third-order valence-corrected chi connectivity index (χ3v) is 4.45. The molecule has 3 unspecified atom stereocenters. The lowest BCUT2D eigenvalue weighted by atomic mass is 9.89. The minimum atomic E-state index is 0.231. The molecule has 1 heterocycles. The van der Waals surface area contributed by atoms with Crippen LogP contribution in [0, 0.1) is 0 Å². The highest BCUT2D eigenvalue weighted by Gasteiger charge is 2.40. The monoisotopic (exact) mass is 223 g/mol. The van der Waals surface area contributed by atoms with Gasteiger partial charge in [-0.15, -0.1) is 0 Å². The number of morpholine rings is 1. The van der Waals surface area contributed by atoms with Gasteiger partial charge in [0.05, 0.1) is 18.8 Å². The Bertz CT molecular complexity index is 277. The van der Waals surface area contributed by atoms with Gasteiger partial charge in [-0.1, -0.05) is 12.8 Å². The van der Waals surface area contributed by atoms with Gasteiger partial charge in [0, 0.05) is 19.0 Å². The third-order valence-electron chi connectivity index (χ3n) is 4.45. The van der Waals surface area contributed by atoms with Gasteiger partial charge in [-0.2, -0.15) is 0 Å². The highest BCUT2D eigenvalue weighted by Crippen LogP contribution is 2.32. The summed E-state index contributed by atoms with van der Waals surface area (Å²) in [6, 6.07) is 0.768. The number of nitrogens with zero attached hydrogens (tertiary/aromatic N) is 1. The molecule has 3 heteroatoms. The number of carbonyl (C=O) groups excluding carboxylic acids is 1. The van der Waals surface area contributed by atoms with Gasteiger partial charge in [-0.25, -0.2) is 0 Å². The van der Waals surface area contributed by atoms with Crippen molar-refractivity contribution in [3.8, 4) is 0 Å². The Kier molecular flexibility index (Phi) is 2.99. The number of carbonyl (C=O) groups is 1. The molecule has 3 atom stereocenters. The van der Waals surface area contributed by atoms with Gasteiger partial charge in [0.1, 0.15) is 5.78 Å². The average molecular weight is 223 g/mol. The first-order chi connectivity index (χ1) is 7.86. The predicted molar refractivity (Wildman–Crippen MR) is 61.3 cm³/mol. The van der Waals surface area contributed by atoms with Crippen LogP contribution in [-0.2, 0) is 9.53 Å². The van der Waals surface area contributed by atoms with E-state index in [1.165, 1.54) is 25.7 Å². The lowest BCUT2D eigenvalue weighted by molar-refractivity contribution is -0.133. The number of fused-ring (bicyclic) bond motifs is 1. The van der Waals surface area contributed by atoms with Gasteiger partial charge in [0.15, 0.2) is 0 Å². The summed E-state index contributed by atoms with van der Waals surface area (Å²) < 4.78 is 5.85. The number of ketones is 1. The van der Waals surface area contributed by atoms with E-state index in [-0.39, 0.29) is 6.04 Å². The Morgan fingerprint density at radius 3 is 2.81 bits per heavy atom. The summed E-state index contributed by atoms with van der Waals surface area (Å²) in [5, 5.41) is 0. The maximum atomic E-state index is 11.9. The second-order valence-corrected chi connectivity index (χ2v) is 5.37. The molecule has 0 aromatic rings. The second kappa shape index (κ2) is 4.46. The van der Waals surface area contributed by atoms with Gasteiger partial charge in [-0.05, 0) is 25.7 Å². The van der Waals surface area contributed by atoms with E-state index in [0.717, 1.165) is 32.4 Å². The van der Waals surface area contributed by atoms with Crippen LogP contribution in [0.5, 0.6) is 0 Å². The fourth-order valence-corrected chi connectivity index (χ4v) is 3.66. The van der Waals surface area contributed by atoms with Crippen LogP contribution in [0.25, 0.3) is 0 Å². The normalized spacial score (nSPS) is 41.0. The zero-order valence-corrected chi connectivity index (χ0v) is 9.86. The Morgan fingerprint density at radius 1 is 1.12 bits per heavy atom. The van der Waals surface area contributed by atoms with E-state index in [1.807, 2.05) is 0 Å². The van der Waals surface area contributed by atoms with Gasteiger partial charge in [0.25, 0.3) is 0 Å². The van der Waals surface area contributed by atoms with Crippen molar-refractivity contribution >= 4 is 5.78 Å².